The largest absolute Gasteiger partial charge is 0.310 e. The number of hydrogen-bond acceptors (Lipinski definition) is 2. The molecule has 0 heterocycles. The summed E-state index contributed by atoms with van der Waals surface area (Å²) >= 11 is 1.92. The van der Waals surface area contributed by atoms with Crippen molar-refractivity contribution in [2.24, 2.45) is 0 Å². The van der Waals surface area contributed by atoms with Crippen LogP contribution in [-0.4, -0.2) is 18.3 Å². The molecule has 0 bridgehead atoms. The summed E-state index contributed by atoms with van der Waals surface area (Å²) in [5, 5.41) is 3.50. The highest BCUT2D eigenvalue weighted by molar-refractivity contribution is 7.99. The molecule has 1 N–H and O–H groups in total. The SMILES string of the molecule is CCNC(C=C(C)C)CSc1cccc(C)c1. The molecule has 0 aliphatic heterocycles. The Kier molecular flexibility index (Phi) is 6.38. The second-order valence-corrected chi connectivity index (χ2v) is 5.63. The third-order valence-corrected chi connectivity index (χ3v) is 3.53. The molecule has 0 aliphatic rings. The maximum Gasteiger partial charge on any atom is 0.0346 e. The van der Waals surface area contributed by atoms with Gasteiger partial charge in [0.2, 0.25) is 0 Å². The maximum absolute atomic E-state index is 3.50. The second kappa shape index (κ2) is 7.57. The van der Waals surface area contributed by atoms with Crippen LogP contribution < -0.4 is 5.32 Å². The molecule has 0 spiro atoms. The number of allylic oxidation sites excluding steroid dienone is 1. The summed E-state index contributed by atoms with van der Waals surface area (Å²) in [6, 6.07) is 9.16. The predicted molar refractivity (Wildman–Crippen MR) is 78.8 cm³/mol. The molecule has 1 nitrogen and oxygen atoms in total. The van der Waals surface area contributed by atoms with Gasteiger partial charge in [0, 0.05) is 16.7 Å². The van der Waals surface area contributed by atoms with E-state index in [0.717, 1.165) is 12.3 Å². The van der Waals surface area contributed by atoms with E-state index in [1.807, 2.05) is 11.8 Å². The third kappa shape index (κ3) is 5.94. The number of hydrogen-bond donors (Lipinski definition) is 1. The number of benzene rings is 1. The standard InChI is InChI=1S/C15H23NS/c1-5-16-14(9-12(2)3)11-17-15-8-6-7-13(4)10-15/h6-10,14,16H,5,11H2,1-4H3. The quantitative estimate of drug-likeness (QED) is 0.603. The fourth-order valence-electron chi connectivity index (χ4n) is 1.72. The Morgan fingerprint density at radius 2 is 2.18 bits per heavy atom. The molecule has 0 aliphatic carbocycles. The van der Waals surface area contributed by atoms with Crippen LogP contribution in [0.1, 0.15) is 26.3 Å². The summed E-state index contributed by atoms with van der Waals surface area (Å²) in [5.41, 5.74) is 2.71. The molecule has 0 fully saturated rings. The zero-order valence-corrected chi connectivity index (χ0v) is 12.1. The highest BCUT2D eigenvalue weighted by Crippen LogP contribution is 2.20. The third-order valence-electron chi connectivity index (χ3n) is 2.42. The molecule has 0 radical (unpaired) electrons. The highest BCUT2D eigenvalue weighted by atomic mass is 32.2. The first-order chi connectivity index (χ1) is 8.11. The van der Waals surface area contributed by atoms with Crippen molar-refractivity contribution in [3.63, 3.8) is 0 Å². The first kappa shape index (κ1) is 14.3. The molecule has 1 aromatic carbocycles. The van der Waals surface area contributed by atoms with Gasteiger partial charge in [0.15, 0.2) is 0 Å². The van der Waals surface area contributed by atoms with Crippen LogP contribution in [0.25, 0.3) is 0 Å². The summed E-state index contributed by atoms with van der Waals surface area (Å²) in [4.78, 5) is 1.36. The molecule has 1 rings (SSSR count). The smallest absolute Gasteiger partial charge is 0.0346 e. The van der Waals surface area contributed by atoms with Crippen LogP contribution in [-0.2, 0) is 0 Å². The van der Waals surface area contributed by atoms with Crippen LogP contribution in [0.15, 0.2) is 40.8 Å². The van der Waals surface area contributed by atoms with Gasteiger partial charge >= 0.3 is 0 Å². The molecule has 2 heteroatoms. The molecular formula is C15H23NS. The van der Waals surface area contributed by atoms with Crippen molar-refractivity contribution < 1.29 is 0 Å². The Labute approximate surface area is 110 Å². The van der Waals surface area contributed by atoms with Crippen LogP contribution in [0.2, 0.25) is 0 Å². The van der Waals surface area contributed by atoms with Gasteiger partial charge in [0.05, 0.1) is 0 Å². The fourth-order valence-corrected chi connectivity index (χ4v) is 2.75. The van der Waals surface area contributed by atoms with Gasteiger partial charge in [-0.05, 0) is 39.4 Å². The van der Waals surface area contributed by atoms with E-state index in [4.69, 9.17) is 0 Å². The summed E-state index contributed by atoms with van der Waals surface area (Å²) in [6.07, 6.45) is 2.31. The van der Waals surface area contributed by atoms with E-state index in [2.05, 4.69) is 63.4 Å². The van der Waals surface area contributed by atoms with Crippen molar-refractivity contribution in [3.8, 4) is 0 Å². The molecular weight excluding hydrogens is 226 g/mol. The molecule has 0 aromatic heterocycles. The lowest BCUT2D eigenvalue weighted by Crippen LogP contribution is -2.29. The number of nitrogens with one attached hydrogen (secondary N) is 1. The van der Waals surface area contributed by atoms with E-state index < -0.39 is 0 Å². The van der Waals surface area contributed by atoms with Crippen LogP contribution in [0.5, 0.6) is 0 Å². The monoisotopic (exact) mass is 249 g/mol. The van der Waals surface area contributed by atoms with Crippen molar-refractivity contribution in [1.29, 1.82) is 0 Å². The molecule has 0 amide bonds. The lowest BCUT2D eigenvalue weighted by atomic mass is 10.2. The lowest BCUT2D eigenvalue weighted by molar-refractivity contribution is 0.665. The van der Waals surface area contributed by atoms with Crippen LogP contribution in [0.4, 0.5) is 0 Å². The van der Waals surface area contributed by atoms with Crippen LogP contribution in [0.3, 0.4) is 0 Å². The first-order valence-corrected chi connectivity index (χ1v) is 7.18. The van der Waals surface area contributed by atoms with Gasteiger partial charge in [-0.3, -0.25) is 0 Å². The molecule has 1 atom stereocenters. The number of aryl methyl sites for hydroxylation is 1. The molecule has 0 saturated carbocycles. The van der Waals surface area contributed by atoms with Gasteiger partial charge in [-0.25, -0.2) is 0 Å². The van der Waals surface area contributed by atoms with Crippen molar-refractivity contribution in [2.75, 3.05) is 12.3 Å². The number of thioether (sulfide) groups is 1. The zero-order chi connectivity index (χ0) is 12.7. The van der Waals surface area contributed by atoms with E-state index >= 15 is 0 Å². The number of likely N-dealkylation sites (N-methyl/N-ethyl adjacent to an activating group) is 1. The van der Waals surface area contributed by atoms with E-state index in [9.17, 15) is 0 Å². The first-order valence-electron chi connectivity index (χ1n) is 6.19. The summed E-state index contributed by atoms with van der Waals surface area (Å²) in [5.74, 6) is 1.09. The van der Waals surface area contributed by atoms with E-state index in [1.54, 1.807) is 0 Å². The molecule has 1 aromatic rings. The molecule has 17 heavy (non-hydrogen) atoms. The van der Waals surface area contributed by atoms with Crippen molar-refractivity contribution >= 4 is 11.8 Å². The normalized spacial score (nSPS) is 12.2. The summed E-state index contributed by atoms with van der Waals surface area (Å²) in [6.45, 7) is 9.62. The summed E-state index contributed by atoms with van der Waals surface area (Å²) in [7, 11) is 0. The molecule has 94 valence electrons. The topological polar surface area (TPSA) is 12.0 Å². The van der Waals surface area contributed by atoms with Gasteiger partial charge < -0.3 is 5.32 Å². The van der Waals surface area contributed by atoms with Crippen LogP contribution in [0, 0.1) is 6.92 Å². The second-order valence-electron chi connectivity index (χ2n) is 4.54. The number of rotatable bonds is 6. The molecule has 1 unspecified atom stereocenters. The fraction of sp³-hybridized carbons (Fsp3) is 0.467. The van der Waals surface area contributed by atoms with Gasteiger partial charge in [-0.15, -0.1) is 11.8 Å². The van der Waals surface area contributed by atoms with E-state index in [-0.39, 0.29) is 0 Å². The van der Waals surface area contributed by atoms with Gasteiger partial charge in [-0.1, -0.05) is 36.3 Å². The molecule has 0 saturated heterocycles. The Morgan fingerprint density at radius 3 is 2.76 bits per heavy atom. The van der Waals surface area contributed by atoms with Gasteiger partial charge in [0.1, 0.15) is 0 Å². The zero-order valence-electron chi connectivity index (χ0n) is 11.3. The maximum atomic E-state index is 3.50. The minimum Gasteiger partial charge on any atom is -0.310 e. The van der Waals surface area contributed by atoms with E-state index in [1.165, 1.54) is 16.0 Å². The van der Waals surface area contributed by atoms with E-state index in [0.29, 0.717) is 6.04 Å². The van der Waals surface area contributed by atoms with Crippen molar-refractivity contribution in [3.05, 3.63) is 41.5 Å². The van der Waals surface area contributed by atoms with Crippen molar-refractivity contribution in [1.82, 2.24) is 5.32 Å². The minimum absolute atomic E-state index is 0.468. The average molecular weight is 249 g/mol. The highest BCUT2D eigenvalue weighted by Gasteiger charge is 2.04. The lowest BCUT2D eigenvalue weighted by Gasteiger charge is -2.14. The van der Waals surface area contributed by atoms with Crippen LogP contribution >= 0.6 is 11.8 Å². The predicted octanol–water partition coefficient (Wildman–Crippen LogP) is 4.03. The Bertz CT molecular complexity index is 367. The Hall–Kier alpha value is -0.730. The Balaban J connectivity index is 2.54. The average Bonchev–Trinajstić information content (AvgIpc) is 2.26. The Morgan fingerprint density at radius 1 is 1.41 bits per heavy atom. The minimum atomic E-state index is 0.468. The van der Waals surface area contributed by atoms with Gasteiger partial charge in [-0.2, -0.15) is 0 Å². The van der Waals surface area contributed by atoms with Crippen molar-refractivity contribution in [2.45, 2.75) is 38.6 Å². The summed E-state index contributed by atoms with van der Waals surface area (Å²) < 4.78 is 0. The van der Waals surface area contributed by atoms with Gasteiger partial charge in [0.25, 0.3) is 0 Å².